The molecule has 0 unspecified atom stereocenters. The Bertz CT molecular complexity index is 590. The maximum absolute atomic E-state index is 11.9. The van der Waals surface area contributed by atoms with Gasteiger partial charge in [-0.15, -0.1) is 0 Å². The fraction of sp³-hybridized carbons (Fsp3) is 0.154. The number of ether oxygens (including phenoxy) is 1. The number of carbonyl (C=O) groups excluding carboxylic acids is 1. The molecule has 0 aliphatic carbocycles. The molecule has 0 atom stereocenters. The first-order valence-electron chi connectivity index (χ1n) is 5.59. The highest BCUT2D eigenvalue weighted by molar-refractivity contribution is 6.32. The molecule has 0 aliphatic rings. The van der Waals surface area contributed by atoms with E-state index in [1.54, 1.807) is 24.4 Å². The average Bonchev–Trinajstić information content (AvgIpc) is 2.45. The molecule has 0 aliphatic heterocycles. The van der Waals surface area contributed by atoms with Crippen molar-refractivity contribution >= 4 is 17.5 Å². The van der Waals surface area contributed by atoms with Crippen molar-refractivity contribution in [3.63, 3.8) is 0 Å². The van der Waals surface area contributed by atoms with E-state index in [0.29, 0.717) is 18.0 Å². The van der Waals surface area contributed by atoms with Gasteiger partial charge < -0.3 is 10.1 Å². The van der Waals surface area contributed by atoms with Gasteiger partial charge in [0.1, 0.15) is 5.15 Å². The third kappa shape index (κ3) is 3.20. The third-order valence-electron chi connectivity index (χ3n) is 2.49. The van der Waals surface area contributed by atoms with Crippen LogP contribution in [-0.2, 0) is 6.54 Å². The van der Waals surface area contributed by atoms with Gasteiger partial charge in [-0.2, -0.15) is 0 Å². The van der Waals surface area contributed by atoms with Crippen LogP contribution in [0, 0.1) is 0 Å². The first-order valence-corrected chi connectivity index (χ1v) is 5.96. The zero-order valence-corrected chi connectivity index (χ0v) is 11.0. The monoisotopic (exact) mass is 277 g/mol. The lowest BCUT2D eigenvalue weighted by Crippen LogP contribution is -2.23. The maximum atomic E-state index is 11.9. The van der Waals surface area contributed by atoms with E-state index in [4.69, 9.17) is 16.3 Å². The number of hydrogen-bond acceptors (Lipinski definition) is 4. The van der Waals surface area contributed by atoms with Gasteiger partial charge >= 0.3 is 0 Å². The number of methoxy groups -OCH3 is 1. The minimum Gasteiger partial charge on any atom is -0.481 e. The number of aromatic nitrogens is 2. The van der Waals surface area contributed by atoms with Crippen LogP contribution >= 0.6 is 11.6 Å². The molecule has 0 saturated carbocycles. The van der Waals surface area contributed by atoms with E-state index in [0.717, 1.165) is 5.56 Å². The van der Waals surface area contributed by atoms with Crippen LogP contribution in [0.25, 0.3) is 0 Å². The van der Waals surface area contributed by atoms with Gasteiger partial charge in [0.2, 0.25) is 5.88 Å². The van der Waals surface area contributed by atoms with Gasteiger partial charge in [0.15, 0.2) is 0 Å². The fourth-order valence-corrected chi connectivity index (χ4v) is 1.77. The molecule has 1 amide bonds. The summed E-state index contributed by atoms with van der Waals surface area (Å²) >= 11 is 5.85. The molecule has 98 valence electrons. The number of halogens is 1. The number of nitrogens with one attached hydrogen (secondary N) is 1. The van der Waals surface area contributed by atoms with Crippen LogP contribution in [0.15, 0.2) is 36.7 Å². The van der Waals surface area contributed by atoms with Gasteiger partial charge in [-0.3, -0.25) is 4.79 Å². The first-order chi connectivity index (χ1) is 9.22. The predicted octanol–water partition coefficient (Wildman–Crippen LogP) is 2.07. The molecule has 2 heterocycles. The van der Waals surface area contributed by atoms with Crippen molar-refractivity contribution in [2.75, 3.05) is 7.11 Å². The van der Waals surface area contributed by atoms with Crippen LogP contribution < -0.4 is 10.1 Å². The standard InChI is InChI=1S/C13H12ClN3O2/c1-19-13-9(4-2-7-16-13)8-17-12(18)10-5-3-6-15-11(10)14/h2-7H,8H2,1H3,(H,17,18). The van der Waals surface area contributed by atoms with E-state index in [1.807, 2.05) is 6.07 Å². The number of nitrogens with zero attached hydrogens (tertiary/aromatic N) is 2. The van der Waals surface area contributed by atoms with Crippen molar-refractivity contribution in [2.45, 2.75) is 6.54 Å². The van der Waals surface area contributed by atoms with E-state index >= 15 is 0 Å². The van der Waals surface area contributed by atoms with Gasteiger partial charge in [0.25, 0.3) is 5.91 Å². The highest BCUT2D eigenvalue weighted by Gasteiger charge is 2.11. The van der Waals surface area contributed by atoms with Crippen molar-refractivity contribution in [1.29, 1.82) is 0 Å². The number of carbonyl (C=O) groups is 1. The van der Waals surface area contributed by atoms with Gasteiger partial charge in [0, 0.05) is 24.5 Å². The number of rotatable bonds is 4. The highest BCUT2D eigenvalue weighted by atomic mass is 35.5. The Labute approximate surface area is 115 Å². The summed E-state index contributed by atoms with van der Waals surface area (Å²) < 4.78 is 5.11. The molecular weight excluding hydrogens is 266 g/mol. The summed E-state index contributed by atoms with van der Waals surface area (Å²) in [5.41, 5.74) is 1.13. The minimum absolute atomic E-state index is 0.179. The molecule has 2 aromatic heterocycles. The van der Waals surface area contributed by atoms with Gasteiger partial charge in [-0.05, 0) is 18.2 Å². The van der Waals surface area contributed by atoms with Crippen LogP contribution in [0.4, 0.5) is 0 Å². The van der Waals surface area contributed by atoms with Gasteiger partial charge in [-0.25, -0.2) is 9.97 Å². The quantitative estimate of drug-likeness (QED) is 0.869. The molecule has 0 fully saturated rings. The van der Waals surface area contributed by atoms with Crippen molar-refractivity contribution in [3.05, 3.63) is 52.9 Å². The Kier molecular flexibility index (Phi) is 4.30. The van der Waals surface area contributed by atoms with E-state index < -0.39 is 0 Å². The van der Waals surface area contributed by atoms with Crippen LogP contribution in [0.5, 0.6) is 5.88 Å². The Hall–Kier alpha value is -2.14. The van der Waals surface area contributed by atoms with Crippen molar-refractivity contribution in [1.82, 2.24) is 15.3 Å². The Morgan fingerprint density at radius 1 is 1.32 bits per heavy atom. The zero-order valence-electron chi connectivity index (χ0n) is 10.3. The summed E-state index contributed by atoms with van der Waals surface area (Å²) in [6.07, 6.45) is 3.16. The first kappa shape index (κ1) is 13.3. The molecule has 2 aromatic rings. The van der Waals surface area contributed by atoms with E-state index in [2.05, 4.69) is 15.3 Å². The largest absolute Gasteiger partial charge is 0.481 e. The molecule has 0 saturated heterocycles. The molecular formula is C13H12ClN3O2. The fourth-order valence-electron chi connectivity index (χ4n) is 1.57. The number of amides is 1. The zero-order chi connectivity index (χ0) is 13.7. The third-order valence-corrected chi connectivity index (χ3v) is 2.79. The second-order valence-corrected chi connectivity index (χ2v) is 4.05. The summed E-state index contributed by atoms with van der Waals surface area (Å²) in [6.45, 7) is 0.307. The summed E-state index contributed by atoms with van der Waals surface area (Å²) in [5.74, 6) is 0.198. The Balaban J connectivity index is 2.07. The van der Waals surface area contributed by atoms with Crippen LogP contribution in [0.3, 0.4) is 0 Å². The average molecular weight is 278 g/mol. The van der Waals surface area contributed by atoms with Crippen LogP contribution in [-0.4, -0.2) is 23.0 Å². The smallest absolute Gasteiger partial charge is 0.254 e. The van der Waals surface area contributed by atoms with Crippen LogP contribution in [0.1, 0.15) is 15.9 Å². The molecule has 0 spiro atoms. The summed E-state index contributed by atoms with van der Waals surface area (Å²) in [4.78, 5) is 19.9. The normalized spacial score (nSPS) is 10.0. The molecule has 0 radical (unpaired) electrons. The molecule has 2 rings (SSSR count). The molecule has 5 nitrogen and oxygen atoms in total. The van der Waals surface area contributed by atoms with E-state index in [1.165, 1.54) is 13.3 Å². The summed E-state index contributed by atoms with van der Waals surface area (Å²) in [5, 5.41) is 2.93. The topological polar surface area (TPSA) is 64.1 Å². The molecule has 19 heavy (non-hydrogen) atoms. The van der Waals surface area contributed by atoms with Crippen LogP contribution in [0.2, 0.25) is 5.15 Å². The van der Waals surface area contributed by atoms with Crippen molar-refractivity contribution < 1.29 is 9.53 Å². The maximum Gasteiger partial charge on any atom is 0.254 e. The Morgan fingerprint density at radius 2 is 2.05 bits per heavy atom. The lowest BCUT2D eigenvalue weighted by molar-refractivity contribution is 0.0950. The summed E-state index contributed by atoms with van der Waals surface area (Å²) in [6, 6.07) is 6.88. The van der Waals surface area contributed by atoms with Crippen molar-refractivity contribution in [2.24, 2.45) is 0 Å². The second-order valence-electron chi connectivity index (χ2n) is 3.70. The van der Waals surface area contributed by atoms with Gasteiger partial charge in [0.05, 0.1) is 12.7 Å². The SMILES string of the molecule is COc1ncccc1CNC(=O)c1cccnc1Cl. The number of hydrogen-bond donors (Lipinski definition) is 1. The number of pyridine rings is 2. The molecule has 0 bridgehead atoms. The predicted molar refractivity (Wildman–Crippen MR) is 71.2 cm³/mol. The highest BCUT2D eigenvalue weighted by Crippen LogP contribution is 2.14. The molecule has 1 N–H and O–H groups in total. The van der Waals surface area contributed by atoms with Crippen molar-refractivity contribution in [3.8, 4) is 5.88 Å². The van der Waals surface area contributed by atoms with E-state index in [9.17, 15) is 4.79 Å². The lowest BCUT2D eigenvalue weighted by atomic mass is 10.2. The second kappa shape index (κ2) is 6.15. The summed E-state index contributed by atoms with van der Waals surface area (Å²) in [7, 11) is 1.53. The Morgan fingerprint density at radius 3 is 2.79 bits per heavy atom. The lowest BCUT2D eigenvalue weighted by Gasteiger charge is -2.08. The minimum atomic E-state index is -0.288. The van der Waals surface area contributed by atoms with E-state index in [-0.39, 0.29) is 11.1 Å². The van der Waals surface area contributed by atoms with Gasteiger partial charge in [-0.1, -0.05) is 17.7 Å². The molecule has 6 heteroatoms. The molecule has 0 aromatic carbocycles.